The second kappa shape index (κ2) is 17.6. The summed E-state index contributed by atoms with van der Waals surface area (Å²) in [6.45, 7) is 6.67. The Hall–Kier alpha value is -1.22. The zero-order chi connectivity index (χ0) is 22.1. The van der Waals surface area contributed by atoms with E-state index in [4.69, 9.17) is 0 Å². The first-order valence-electron chi connectivity index (χ1n) is 10.9. The van der Waals surface area contributed by atoms with Crippen molar-refractivity contribution in [1.82, 2.24) is 30.2 Å². The van der Waals surface area contributed by atoms with Gasteiger partial charge >= 0.3 is 0 Å². The molecule has 29 heavy (non-hydrogen) atoms. The lowest BCUT2D eigenvalue weighted by molar-refractivity contribution is -0.121. The van der Waals surface area contributed by atoms with Crippen molar-refractivity contribution >= 4 is 11.8 Å². The van der Waals surface area contributed by atoms with Crippen LogP contribution in [0.5, 0.6) is 0 Å². The third-order valence-corrected chi connectivity index (χ3v) is 4.60. The zero-order valence-corrected chi connectivity index (χ0v) is 19.8. The maximum atomic E-state index is 12.1. The second-order valence-electron chi connectivity index (χ2n) is 8.51. The molecule has 2 amide bonds. The smallest absolute Gasteiger partial charge is 0.221 e. The number of nitrogens with zero attached hydrogens (tertiary/aromatic N) is 4. The predicted molar refractivity (Wildman–Crippen MR) is 121 cm³/mol. The highest BCUT2D eigenvalue weighted by Crippen LogP contribution is 1.99. The fourth-order valence-corrected chi connectivity index (χ4v) is 2.89. The summed E-state index contributed by atoms with van der Waals surface area (Å²) < 4.78 is 0. The lowest BCUT2D eigenvalue weighted by Gasteiger charge is -2.23. The van der Waals surface area contributed by atoms with Gasteiger partial charge in [0.2, 0.25) is 11.8 Å². The number of carbonyl (C=O) groups excluding carboxylic acids is 2. The van der Waals surface area contributed by atoms with Crippen LogP contribution in [0.3, 0.4) is 0 Å². The van der Waals surface area contributed by atoms with E-state index >= 15 is 0 Å². The van der Waals surface area contributed by atoms with Crippen molar-refractivity contribution < 1.29 is 9.59 Å². The first-order valence-corrected chi connectivity index (χ1v) is 10.9. The van der Waals surface area contributed by atoms with Gasteiger partial charge in [0.15, 0.2) is 0 Å². The minimum absolute atomic E-state index is 0.0921. The van der Waals surface area contributed by atoms with Crippen molar-refractivity contribution in [2.75, 3.05) is 94.6 Å². The summed E-state index contributed by atoms with van der Waals surface area (Å²) in [6.07, 6.45) is 3.91. The Morgan fingerprint density at radius 2 is 0.931 bits per heavy atom. The molecule has 0 bridgehead atoms. The van der Waals surface area contributed by atoms with E-state index < -0.39 is 0 Å². The monoisotopic (exact) mass is 414 g/mol. The van der Waals surface area contributed by atoms with E-state index in [0.29, 0.717) is 39.0 Å². The van der Waals surface area contributed by atoms with Crippen molar-refractivity contribution in [2.45, 2.75) is 32.1 Å². The lowest BCUT2D eigenvalue weighted by Crippen LogP contribution is -2.36. The third-order valence-electron chi connectivity index (χ3n) is 4.60. The molecule has 2 N–H and O–H groups in total. The highest BCUT2D eigenvalue weighted by Gasteiger charge is 2.11. The van der Waals surface area contributed by atoms with Gasteiger partial charge < -0.3 is 30.2 Å². The van der Waals surface area contributed by atoms with Crippen LogP contribution in [0.4, 0.5) is 0 Å². The Balaban J connectivity index is 4.19. The Morgan fingerprint density at radius 3 is 1.31 bits per heavy atom. The van der Waals surface area contributed by atoms with E-state index in [1.165, 1.54) is 0 Å². The molecule has 0 radical (unpaired) electrons. The SMILES string of the molecule is CN(C)CCCNC(=O)CCN(CCCN(C)C)CCC(=O)NCCCN(C)C. The summed E-state index contributed by atoms with van der Waals surface area (Å²) in [6, 6.07) is 0. The number of carbonyl (C=O) groups is 2. The van der Waals surface area contributed by atoms with E-state index in [-0.39, 0.29) is 11.8 Å². The molecule has 0 saturated carbocycles. The summed E-state index contributed by atoms with van der Waals surface area (Å²) in [5, 5.41) is 5.98. The average molecular weight is 415 g/mol. The van der Waals surface area contributed by atoms with Crippen molar-refractivity contribution in [2.24, 2.45) is 0 Å². The van der Waals surface area contributed by atoms with E-state index in [2.05, 4.69) is 44.3 Å². The van der Waals surface area contributed by atoms with Gasteiger partial charge in [-0.15, -0.1) is 0 Å². The third kappa shape index (κ3) is 19.9. The molecule has 0 atom stereocenters. The molecule has 0 aromatic rings. The van der Waals surface area contributed by atoms with Crippen molar-refractivity contribution in [3.8, 4) is 0 Å². The van der Waals surface area contributed by atoms with Crippen LogP contribution in [0.1, 0.15) is 32.1 Å². The molecule has 0 saturated heterocycles. The first-order chi connectivity index (χ1) is 13.7. The molecular formula is C21H46N6O2. The van der Waals surface area contributed by atoms with Crippen LogP contribution in [0.2, 0.25) is 0 Å². The van der Waals surface area contributed by atoms with Crippen LogP contribution in [-0.4, -0.2) is 126 Å². The molecule has 0 fully saturated rings. The molecule has 0 rings (SSSR count). The maximum absolute atomic E-state index is 12.1. The first kappa shape index (κ1) is 27.8. The van der Waals surface area contributed by atoms with Gasteiger partial charge in [-0.05, 0) is 87.7 Å². The molecule has 8 heteroatoms. The minimum atomic E-state index is 0.0921. The number of hydrogen-bond acceptors (Lipinski definition) is 6. The molecule has 0 aliphatic carbocycles. The minimum Gasteiger partial charge on any atom is -0.356 e. The van der Waals surface area contributed by atoms with Crippen LogP contribution >= 0.6 is 0 Å². The Bertz CT molecular complexity index is 397. The summed E-state index contributed by atoms with van der Waals surface area (Å²) in [7, 11) is 12.3. The summed E-state index contributed by atoms with van der Waals surface area (Å²) in [5.74, 6) is 0.184. The fraction of sp³-hybridized carbons (Fsp3) is 0.905. The quantitative estimate of drug-likeness (QED) is 0.311. The van der Waals surface area contributed by atoms with Crippen molar-refractivity contribution in [3.05, 3.63) is 0 Å². The Labute approximate surface area is 179 Å². The van der Waals surface area contributed by atoms with Gasteiger partial charge in [-0.25, -0.2) is 0 Å². The molecular weight excluding hydrogens is 368 g/mol. The molecule has 0 aromatic heterocycles. The van der Waals surface area contributed by atoms with Crippen LogP contribution in [0, 0.1) is 0 Å². The van der Waals surface area contributed by atoms with Crippen LogP contribution in [0.25, 0.3) is 0 Å². The topological polar surface area (TPSA) is 71.2 Å². The van der Waals surface area contributed by atoms with E-state index in [9.17, 15) is 9.59 Å². The van der Waals surface area contributed by atoms with Gasteiger partial charge in [0.1, 0.15) is 0 Å². The molecule has 8 nitrogen and oxygen atoms in total. The maximum Gasteiger partial charge on any atom is 0.221 e. The normalized spacial score (nSPS) is 11.7. The van der Waals surface area contributed by atoms with Crippen LogP contribution in [0.15, 0.2) is 0 Å². The van der Waals surface area contributed by atoms with Crippen LogP contribution < -0.4 is 10.6 Å². The van der Waals surface area contributed by atoms with Crippen molar-refractivity contribution in [3.63, 3.8) is 0 Å². The molecule has 0 spiro atoms. The Kier molecular flexibility index (Phi) is 16.9. The second-order valence-corrected chi connectivity index (χ2v) is 8.51. The van der Waals surface area contributed by atoms with Gasteiger partial charge in [-0.2, -0.15) is 0 Å². The molecule has 0 heterocycles. The molecule has 172 valence electrons. The van der Waals surface area contributed by atoms with Gasteiger partial charge in [0, 0.05) is 39.0 Å². The Morgan fingerprint density at radius 1 is 0.552 bits per heavy atom. The number of nitrogens with one attached hydrogen (secondary N) is 2. The average Bonchev–Trinajstić information content (AvgIpc) is 2.63. The number of amides is 2. The molecule has 0 unspecified atom stereocenters. The summed E-state index contributed by atoms with van der Waals surface area (Å²) in [5.41, 5.74) is 0. The standard InChI is InChI=1S/C21H46N6O2/c1-24(2)14-7-12-22-20(28)10-18-27(17-9-16-26(5)6)19-11-21(29)23-13-8-15-25(3)4/h7-19H2,1-6H3,(H,22,28)(H,23,29). The van der Waals surface area contributed by atoms with Gasteiger partial charge in [-0.3, -0.25) is 9.59 Å². The zero-order valence-electron chi connectivity index (χ0n) is 19.8. The fourth-order valence-electron chi connectivity index (χ4n) is 2.89. The summed E-state index contributed by atoms with van der Waals surface area (Å²) in [4.78, 5) is 32.8. The van der Waals surface area contributed by atoms with Gasteiger partial charge in [0.25, 0.3) is 0 Å². The molecule has 0 aromatic carbocycles. The largest absolute Gasteiger partial charge is 0.356 e. The molecule has 0 aliphatic rings. The number of rotatable bonds is 18. The van der Waals surface area contributed by atoms with Gasteiger partial charge in [0.05, 0.1) is 0 Å². The van der Waals surface area contributed by atoms with Gasteiger partial charge in [-0.1, -0.05) is 0 Å². The van der Waals surface area contributed by atoms with Crippen molar-refractivity contribution in [1.29, 1.82) is 0 Å². The molecule has 0 aliphatic heterocycles. The number of hydrogen-bond donors (Lipinski definition) is 2. The highest BCUT2D eigenvalue weighted by atomic mass is 16.2. The lowest BCUT2D eigenvalue weighted by atomic mass is 10.2. The summed E-state index contributed by atoms with van der Waals surface area (Å²) >= 11 is 0. The van der Waals surface area contributed by atoms with E-state index in [1.807, 2.05) is 28.2 Å². The highest BCUT2D eigenvalue weighted by molar-refractivity contribution is 5.76. The van der Waals surface area contributed by atoms with Crippen LogP contribution in [-0.2, 0) is 9.59 Å². The van der Waals surface area contributed by atoms with E-state index in [0.717, 1.165) is 45.4 Å². The predicted octanol–water partition coefficient (Wildman–Crippen LogP) is 0.156. The van der Waals surface area contributed by atoms with E-state index in [1.54, 1.807) is 0 Å².